The van der Waals surface area contributed by atoms with Crippen LogP contribution in [0.15, 0.2) is 30.3 Å². The van der Waals surface area contributed by atoms with Gasteiger partial charge in [0.05, 0.1) is 18.4 Å². The van der Waals surface area contributed by atoms with E-state index < -0.39 is 0 Å². The van der Waals surface area contributed by atoms with Crippen molar-refractivity contribution < 1.29 is 9.59 Å². The Balaban J connectivity index is 1.50. The molecule has 1 saturated carbocycles. The van der Waals surface area contributed by atoms with Crippen molar-refractivity contribution in [1.29, 1.82) is 0 Å². The molecule has 2 aliphatic heterocycles. The van der Waals surface area contributed by atoms with Crippen LogP contribution in [0.1, 0.15) is 44.1 Å². The Morgan fingerprint density at radius 3 is 2.71 bits per heavy atom. The number of amides is 2. The van der Waals surface area contributed by atoms with Gasteiger partial charge in [0.2, 0.25) is 11.8 Å². The molecule has 128 valence electrons. The molecule has 2 saturated heterocycles. The van der Waals surface area contributed by atoms with Crippen LogP contribution in [0.25, 0.3) is 0 Å². The molecule has 3 aliphatic rings. The number of carbonyl (C=O) groups excluding carboxylic acids is 2. The summed E-state index contributed by atoms with van der Waals surface area (Å²) in [4.78, 5) is 29.6. The molecule has 3 fully saturated rings. The summed E-state index contributed by atoms with van der Waals surface area (Å²) < 4.78 is 0. The van der Waals surface area contributed by atoms with Crippen LogP contribution in [-0.4, -0.2) is 46.8 Å². The van der Waals surface area contributed by atoms with Crippen LogP contribution in [0.5, 0.6) is 0 Å². The highest BCUT2D eigenvalue weighted by molar-refractivity contribution is 5.84. The fraction of sp³-hybridized carbons (Fsp3) is 0.600. The predicted octanol–water partition coefficient (Wildman–Crippen LogP) is 2.62. The standard InChI is InChI=1S/C20H26N2O2/c23-18(12-16-6-2-1-3-7-16)22-11-5-4-10-20(22)13-19(24)21(15-20)14-17-8-9-17/h1-3,6-7,17H,4-5,8-15H2. The highest BCUT2D eigenvalue weighted by Crippen LogP contribution is 2.39. The zero-order chi connectivity index (χ0) is 16.6. The van der Waals surface area contributed by atoms with Crippen molar-refractivity contribution in [3.05, 3.63) is 35.9 Å². The molecule has 0 N–H and O–H groups in total. The number of benzene rings is 1. The van der Waals surface area contributed by atoms with Gasteiger partial charge in [-0.2, -0.15) is 0 Å². The zero-order valence-corrected chi connectivity index (χ0v) is 14.2. The second kappa shape index (κ2) is 6.23. The van der Waals surface area contributed by atoms with Crippen LogP contribution in [0.3, 0.4) is 0 Å². The summed E-state index contributed by atoms with van der Waals surface area (Å²) in [6.45, 7) is 2.46. The van der Waals surface area contributed by atoms with Crippen molar-refractivity contribution in [2.75, 3.05) is 19.6 Å². The largest absolute Gasteiger partial charge is 0.340 e. The maximum atomic E-state index is 13.0. The lowest BCUT2D eigenvalue weighted by Crippen LogP contribution is -2.56. The first-order valence-electron chi connectivity index (χ1n) is 9.28. The van der Waals surface area contributed by atoms with Crippen LogP contribution >= 0.6 is 0 Å². The number of hydrogen-bond acceptors (Lipinski definition) is 2. The normalized spacial score (nSPS) is 27.1. The summed E-state index contributed by atoms with van der Waals surface area (Å²) in [5.74, 6) is 1.14. The average Bonchev–Trinajstić information content (AvgIpc) is 3.34. The number of rotatable bonds is 4. The minimum Gasteiger partial charge on any atom is -0.340 e. The molecule has 2 amide bonds. The van der Waals surface area contributed by atoms with E-state index in [-0.39, 0.29) is 17.4 Å². The third-order valence-corrected chi connectivity index (χ3v) is 5.84. The summed E-state index contributed by atoms with van der Waals surface area (Å²) in [7, 11) is 0. The molecule has 4 nitrogen and oxygen atoms in total. The molecule has 0 aromatic heterocycles. The Bertz CT molecular complexity index is 626. The lowest BCUT2D eigenvalue weighted by molar-refractivity contribution is -0.138. The molecule has 1 aliphatic carbocycles. The summed E-state index contributed by atoms with van der Waals surface area (Å²) >= 11 is 0. The van der Waals surface area contributed by atoms with Gasteiger partial charge in [0.25, 0.3) is 0 Å². The molecule has 1 atom stereocenters. The molecular formula is C20H26N2O2. The van der Waals surface area contributed by atoms with E-state index in [0.717, 1.165) is 44.5 Å². The molecule has 1 aromatic carbocycles. The van der Waals surface area contributed by atoms with Crippen LogP contribution in [0.4, 0.5) is 0 Å². The Kier molecular flexibility index (Phi) is 4.07. The van der Waals surface area contributed by atoms with Gasteiger partial charge in [0.1, 0.15) is 0 Å². The maximum absolute atomic E-state index is 13.0. The quantitative estimate of drug-likeness (QED) is 0.853. The van der Waals surface area contributed by atoms with Crippen LogP contribution in [0.2, 0.25) is 0 Å². The van der Waals surface area contributed by atoms with E-state index in [1.807, 2.05) is 40.1 Å². The fourth-order valence-corrected chi connectivity index (χ4v) is 4.37. The second-order valence-corrected chi connectivity index (χ2v) is 7.78. The third kappa shape index (κ3) is 3.06. The highest BCUT2D eigenvalue weighted by atomic mass is 16.2. The van der Waals surface area contributed by atoms with Crippen molar-refractivity contribution in [2.45, 2.75) is 50.5 Å². The number of carbonyl (C=O) groups is 2. The Labute approximate surface area is 143 Å². The summed E-state index contributed by atoms with van der Waals surface area (Å²) in [6.07, 6.45) is 6.64. The van der Waals surface area contributed by atoms with Gasteiger partial charge < -0.3 is 9.80 Å². The number of hydrogen-bond donors (Lipinski definition) is 0. The monoisotopic (exact) mass is 326 g/mol. The molecule has 0 radical (unpaired) electrons. The lowest BCUT2D eigenvalue weighted by Gasteiger charge is -2.44. The fourth-order valence-electron chi connectivity index (χ4n) is 4.37. The molecular weight excluding hydrogens is 300 g/mol. The number of likely N-dealkylation sites (tertiary alicyclic amines) is 2. The number of piperidine rings is 1. The SMILES string of the molecule is O=C1CC2(CCCCN2C(=O)Cc2ccccc2)CN1CC1CC1. The van der Waals surface area contributed by atoms with E-state index >= 15 is 0 Å². The Hall–Kier alpha value is -1.84. The van der Waals surface area contributed by atoms with Gasteiger partial charge in [0, 0.05) is 19.6 Å². The minimum atomic E-state index is -0.240. The van der Waals surface area contributed by atoms with Crippen molar-refractivity contribution >= 4 is 11.8 Å². The molecule has 4 heteroatoms. The maximum Gasteiger partial charge on any atom is 0.227 e. The lowest BCUT2D eigenvalue weighted by atomic mass is 9.85. The number of nitrogens with zero attached hydrogens (tertiary/aromatic N) is 2. The summed E-state index contributed by atoms with van der Waals surface area (Å²) in [5.41, 5.74) is 0.818. The van der Waals surface area contributed by atoms with Crippen molar-refractivity contribution in [1.82, 2.24) is 9.80 Å². The van der Waals surface area contributed by atoms with Crippen LogP contribution in [-0.2, 0) is 16.0 Å². The zero-order valence-electron chi connectivity index (χ0n) is 14.2. The molecule has 1 aromatic rings. The van der Waals surface area contributed by atoms with Gasteiger partial charge in [-0.15, -0.1) is 0 Å². The Morgan fingerprint density at radius 2 is 1.96 bits per heavy atom. The van der Waals surface area contributed by atoms with E-state index in [1.54, 1.807) is 0 Å². The molecule has 1 spiro atoms. The van der Waals surface area contributed by atoms with E-state index in [4.69, 9.17) is 0 Å². The van der Waals surface area contributed by atoms with Gasteiger partial charge in [0.15, 0.2) is 0 Å². The summed E-state index contributed by atoms with van der Waals surface area (Å²) in [6, 6.07) is 9.94. The van der Waals surface area contributed by atoms with Crippen molar-refractivity contribution in [2.24, 2.45) is 5.92 Å². The second-order valence-electron chi connectivity index (χ2n) is 7.78. The first-order chi connectivity index (χ1) is 11.7. The molecule has 0 bridgehead atoms. The molecule has 2 heterocycles. The topological polar surface area (TPSA) is 40.6 Å². The van der Waals surface area contributed by atoms with E-state index in [0.29, 0.717) is 18.8 Å². The average molecular weight is 326 g/mol. The minimum absolute atomic E-state index is 0.182. The first-order valence-corrected chi connectivity index (χ1v) is 9.28. The van der Waals surface area contributed by atoms with E-state index in [1.165, 1.54) is 12.8 Å². The first kappa shape index (κ1) is 15.7. The van der Waals surface area contributed by atoms with Gasteiger partial charge >= 0.3 is 0 Å². The summed E-state index contributed by atoms with van der Waals surface area (Å²) in [5, 5.41) is 0. The van der Waals surface area contributed by atoms with Crippen LogP contribution < -0.4 is 0 Å². The third-order valence-electron chi connectivity index (χ3n) is 5.84. The molecule has 24 heavy (non-hydrogen) atoms. The van der Waals surface area contributed by atoms with Gasteiger partial charge in [-0.3, -0.25) is 9.59 Å². The van der Waals surface area contributed by atoms with Gasteiger partial charge in [-0.1, -0.05) is 30.3 Å². The van der Waals surface area contributed by atoms with Crippen molar-refractivity contribution in [3.8, 4) is 0 Å². The molecule has 1 unspecified atom stereocenters. The Morgan fingerprint density at radius 1 is 1.17 bits per heavy atom. The van der Waals surface area contributed by atoms with E-state index in [9.17, 15) is 9.59 Å². The highest BCUT2D eigenvalue weighted by Gasteiger charge is 2.50. The predicted molar refractivity (Wildman–Crippen MR) is 92.4 cm³/mol. The smallest absolute Gasteiger partial charge is 0.227 e. The van der Waals surface area contributed by atoms with Crippen molar-refractivity contribution in [3.63, 3.8) is 0 Å². The van der Waals surface area contributed by atoms with Crippen LogP contribution in [0, 0.1) is 5.92 Å². The van der Waals surface area contributed by atoms with Gasteiger partial charge in [-0.05, 0) is 43.6 Å². The van der Waals surface area contributed by atoms with E-state index in [2.05, 4.69) is 0 Å². The molecule has 4 rings (SSSR count). The van der Waals surface area contributed by atoms with Gasteiger partial charge in [-0.25, -0.2) is 0 Å².